The van der Waals surface area contributed by atoms with Gasteiger partial charge in [0.2, 0.25) is 10.0 Å². The van der Waals surface area contributed by atoms with Gasteiger partial charge in [-0.2, -0.15) is 0 Å². The third-order valence-electron chi connectivity index (χ3n) is 2.19. The molecule has 0 unspecified atom stereocenters. The summed E-state index contributed by atoms with van der Waals surface area (Å²) in [4.78, 5) is 11.3. The number of rotatable bonds is 6. The van der Waals surface area contributed by atoms with E-state index in [1.54, 1.807) is 0 Å². The Hall–Kier alpha value is -1.44. The number of sulfonamides is 1. The van der Waals surface area contributed by atoms with Gasteiger partial charge in [-0.1, -0.05) is 6.07 Å². The minimum absolute atomic E-state index is 0.0108. The molecular weight excluding hydrogens is 258 g/mol. The average molecular weight is 273 g/mol. The number of hydrogen-bond acceptors (Lipinski definition) is 5. The number of carbonyl (C=O) groups excluding carboxylic acids is 1. The van der Waals surface area contributed by atoms with Crippen LogP contribution in [0.15, 0.2) is 29.2 Å². The Morgan fingerprint density at radius 1 is 1.44 bits per heavy atom. The quantitative estimate of drug-likeness (QED) is 0.568. The van der Waals surface area contributed by atoms with Gasteiger partial charge < -0.3 is 9.84 Å². The highest BCUT2D eigenvalue weighted by molar-refractivity contribution is 7.89. The first-order valence-corrected chi connectivity index (χ1v) is 6.78. The van der Waals surface area contributed by atoms with Gasteiger partial charge in [-0.05, 0) is 24.6 Å². The second kappa shape index (κ2) is 6.48. The lowest BCUT2D eigenvalue weighted by atomic mass is 10.2. The Kier molecular flexibility index (Phi) is 5.26. The maximum absolute atomic E-state index is 11.8. The summed E-state index contributed by atoms with van der Waals surface area (Å²) in [6.45, 7) is 0.0476. The van der Waals surface area contributed by atoms with Crippen LogP contribution >= 0.6 is 0 Å². The van der Waals surface area contributed by atoms with Gasteiger partial charge in [0.15, 0.2) is 0 Å². The van der Waals surface area contributed by atoms with Crippen LogP contribution in [0.3, 0.4) is 0 Å². The first-order chi connectivity index (χ1) is 8.51. The molecule has 0 radical (unpaired) electrons. The van der Waals surface area contributed by atoms with Crippen LogP contribution in [0.4, 0.5) is 0 Å². The molecule has 1 rings (SSSR count). The molecule has 0 aromatic heterocycles. The minimum Gasteiger partial charge on any atom is -0.465 e. The van der Waals surface area contributed by atoms with E-state index in [0.29, 0.717) is 6.42 Å². The van der Waals surface area contributed by atoms with Gasteiger partial charge in [0.25, 0.3) is 0 Å². The lowest BCUT2D eigenvalue weighted by Gasteiger charge is -2.07. The van der Waals surface area contributed by atoms with Crippen LogP contribution in [0.1, 0.15) is 16.8 Å². The van der Waals surface area contributed by atoms with E-state index in [0.717, 1.165) is 0 Å². The van der Waals surface area contributed by atoms with Crippen molar-refractivity contribution in [1.82, 2.24) is 4.72 Å². The predicted molar refractivity (Wildman–Crippen MR) is 64.7 cm³/mol. The summed E-state index contributed by atoms with van der Waals surface area (Å²) < 4.78 is 30.5. The number of esters is 1. The van der Waals surface area contributed by atoms with E-state index in [1.807, 2.05) is 0 Å². The third-order valence-corrected chi connectivity index (χ3v) is 3.65. The summed E-state index contributed by atoms with van der Waals surface area (Å²) in [6, 6.07) is 5.56. The Morgan fingerprint density at radius 2 is 2.17 bits per heavy atom. The van der Waals surface area contributed by atoms with Crippen molar-refractivity contribution in [3.8, 4) is 0 Å². The molecule has 0 heterocycles. The van der Waals surface area contributed by atoms with E-state index in [-0.39, 0.29) is 23.6 Å². The SMILES string of the molecule is COC(=O)c1cccc(S(=O)(=O)NCCCO)c1. The van der Waals surface area contributed by atoms with Gasteiger partial charge in [0.05, 0.1) is 17.6 Å². The molecule has 0 saturated heterocycles. The number of methoxy groups -OCH3 is 1. The molecule has 18 heavy (non-hydrogen) atoms. The van der Waals surface area contributed by atoms with E-state index in [1.165, 1.54) is 31.4 Å². The van der Waals surface area contributed by atoms with Crippen molar-refractivity contribution in [2.75, 3.05) is 20.3 Å². The molecule has 1 aromatic carbocycles. The molecule has 0 fully saturated rings. The molecule has 0 aliphatic carbocycles. The van der Waals surface area contributed by atoms with Crippen molar-refractivity contribution in [2.24, 2.45) is 0 Å². The van der Waals surface area contributed by atoms with Crippen LogP contribution in [-0.4, -0.2) is 39.8 Å². The molecule has 7 heteroatoms. The number of aliphatic hydroxyl groups is 1. The van der Waals surface area contributed by atoms with Crippen molar-refractivity contribution in [1.29, 1.82) is 0 Å². The molecule has 0 saturated carbocycles. The highest BCUT2D eigenvalue weighted by Gasteiger charge is 2.15. The molecule has 0 bridgehead atoms. The molecular formula is C11H15NO5S. The van der Waals surface area contributed by atoms with E-state index in [2.05, 4.69) is 9.46 Å². The van der Waals surface area contributed by atoms with Crippen LogP contribution in [0, 0.1) is 0 Å². The number of hydrogen-bond donors (Lipinski definition) is 2. The monoisotopic (exact) mass is 273 g/mol. The molecule has 2 N–H and O–H groups in total. The van der Waals surface area contributed by atoms with E-state index in [4.69, 9.17) is 5.11 Å². The summed E-state index contributed by atoms with van der Waals surface area (Å²) in [5.41, 5.74) is 0.169. The first-order valence-electron chi connectivity index (χ1n) is 5.30. The highest BCUT2D eigenvalue weighted by atomic mass is 32.2. The summed E-state index contributed by atoms with van der Waals surface area (Å²) >= 11 is 0. The van der Waals surface area contributed by atoms with Gasteiger partial charge in [-0.3, -0.25) is 0 Å². The lowest BCUT2D eigenvalue weighted by molar-refractivity contribution is 0.0600. The largest absolute Gasteiger partial charge is 0.465 e. The van der Waals surface area contributed by atoms with Crippen LogP contribution in [0.2, 0.25) is 0 Å². The fourth-order valence-electron chi connectivity index (χ4n) is 1.28. The zero-order valence-corrected chi connectivity index (χ0v) is 10.7. The van der Waals surface area contributed by atoms with Crippen molar-refractivity contribution in [3.05, 3.63) is 29.8 Å². The normalized spacial score (nSPS) is 11.2. The van der Waals surface area contributed by atoms with Gasteiger partial charge in [-0.25, -0.2) is 17.9 Å². The number of aliphatic hydroxyl groups excluding tert-OH is 1. The zero-order chi connectivity index (χ0) is 13.6. The molecule has 100 valence electrons. The third kappa shape index (κ3) is 3.80. The van der Waals surface area contributed by atoms with Crippen molar-refractivity contribution >= 4 is 16.0 Å². The topological polar surface area (TPSA) is 92.7 Å². The van der Waals surface area contributed by atoms with Crippen LogP contribution in [0.5, 0.6) is 0 Å². The van der Waals surface area contributed by atoms with Crippen molar-refractivity contribution in [2.45, 2.75) is 11.3 Å². The summed E-state index contributed by atoms with van der Waals surface area (Å²) in [6.07, 6.45) is 0.329. The Labute approximate surface area is 106 Å². The number of carbonyl (C=O) groups is 1. The summed E-state index contributed by atoms with van der Waals surface area (Å²) in [5, 5.41) is 8.59. The molecule has 0 atom stereocenters. The summed E-state index contributed by atoms with van der Waals surface area (Å²) in [7, 11) is -2.44. The maximum Gasteiger partial charge on any atom is 0.337 e. The fraction of sp³-hybridized carbons (Fsp3) is 0.364. The first kappa shape index (κ1) is 14.6. The molecule has 6 nitrogen and oxygen atoms in total. The van der Waals surface area contributed by atoms with Gasteiger partial charge in [0, 0.05) is 13.2 Å². The number of benzene rings is 1. The molecule has 0 aliphatic rings. The van der Waals surface area contributed by atoms with E-state index >= 15 is 0 Å². The maximum atomic E-state index is 11.8. The molecule has 1 aromatic rings. The van der Waals surface area contributed by atoms with Gasteiger partial charge in [-0.15, -0.1) is 0 Å². The van der Waals surface area contributed by atoms with Crippen molar-refractivity contribution < 1.29 is 23.1 Å². The van der Waals surface area contributed by atoms with Gasteiger partial charge >= 0.3 is 5.97 Å². The van der Waals surface area contributed by atoms with Crippen LogP contribution < -0.4 is 4.72 Å². The Morgan fingerprint density at radius 3 is 2.78 bits per heavy atom. The predicted octanol–water partition coefficient (Wildman–Crippen LogP) is 0.134. The number of nitrogens with one attached hydrogen (secondary N) is 1. The zero-order valence-electron chi connectivity index (χ0n) is 9.92. The Bertz CT molecular complexity index is 512. The lowest BCUT2D eigenvalue weighted by Crippen LogP contribution is -2.25. The smallest absolute Gasteiger partial charge is 0.337 e. The van der Waals surface area contributed by atoms with Crippen LogP contribution in [-0.2, 0) is 14.8 Å². The van der Waals surface area contributed by atoms with E-state index in [9.17, 15) is 13.2 Å². The molecule has 0 spiro atoms. The second-order valence-electron chi connectivity index (χ2n) is 3.49. The fourth-order valence-corrected chi connectivity index (χ4v) is 2.40. The van der Waals surface area contributed by atoms with Crippen molar-refractivity contribution in [3.63, 3.8) is 0 Å². The molecule has 0 amide bonds. The highest BCUT2D eigenvalue weighted by Crippen LogP contribution is 2.12. The van der Waals surface area contributed by atoms with Gasteiger partial charge in [0.1, 0.15) is 0 Å². The summed E-state index contributed by atoms with van der Waals surface area (Å²) in [5.74, 6) is -0.595. The van der Waals surface area contributed by atoms with E-state index < -0.39 is 16.0 Å². The van der Waals surface area contributed by atoms with Crippen LogP contribution in [0.25, 0.3) is 0 Å². The standard InChI is InChI=1S/C11H15NO5S/c1-17-11(14)9-4-2-5-10(8-9)18(15,16)12-6-3-7-13/h2,4-5,8,12-13H,3,6-7H2,1H3. The Balaban J connectivity index is 2.92. The second-order valence-corrected chi connectivity index (χ2v) is 5.26. The minimum atomic E-state index is -3.67. The average Bonchev–Trinajstić information content (AvgIpc) is 2.38. The molecule has 0 aliphatic heterocycles. The number of ether oxygens (including phenoxy) is 1.